The topological polar surface area (TPSA) is 33.1 Å². The van der Waals surface area contributed by atoms with Crippen molar-refractivity contribution in [3.8, 4) is 11.8 Å². The molecule has 0 spiro atoms. The highest BCUT2D eigenvalue weighted by Crippen LogP contribution is 2.14. The molecule has 58 valence electrons. The predicted molar refractivity (Wildman–Crippen MR) is 45.1 cm³/mol. The summed E-state index contributed by atoms with van der Waals surface area (Å²) >= 11 is 1.48. The van der Waals surface area contributed by atoms with Gasteiger partial charge in [0.05, 0.1) is 11.2 Å². The summed E-state index contributed by atoms with van der Waals surface area (Å²) in [6, 6.07) is 0. The Morgan fingerprint density at radius 2 is 2.64 bits per heavy atom. The van der Waals surface area contributed by atoms with Gasteiger partial charge in [-0.15, -0.1) is 23.2 Å². The summed E-state index contributed by atoms with van der Waals surface area (Å²) in [4.78, 5) is 3.97. The smallest absolute Gasteiger partial charge is 0.108 e. The third-order valence-corrected chi connectivity index (χ3v) is 1.87. The van der Waals surface area contributed by atoms with Gasteiger partial charge in [0.25, 0.3) is 0 Å². The second-order valence-corrected chi connectivity index (χ2v) is 2.78. The summed E-state index contributed by atoms with van der Waals surface area (Å²) in [5.41, 5.74) is 2.43. The maximum absolute atomic E-state index is 9.38. The summed E-state index contributed by atoms with van der Waals surface area (Å²) < 4.78 is 0. The second kappa shape index (κ2) is 4.12. The van der Waals surface area contributed by atoms with Crippen LogP contribution in [0, 0.1) is 11.8 Å². The summed E-state index contributed by atoms with van der Waals surface area (Å²) in [7, 11) is 0. The van der Waals surface area contributed by atoms with Crippen LogP contribution in [0.1, 0.15) is 25.1 Å². The first-order valence-corrected chi connectivity index (χ1v) is 4.24. The number of aliphatic hydroxyl groups is 1. The van der Waals surface area contributed by atoms with Gasteiger partial charge in [-0.1, -0.05) is 0 Å². The zero-order chi connectivity index (χ0) is 8.10. The van der Waals surface area contributed by atoms with Gasteiger partial charge in [0.2, 0.25) is 0 Å². The summed E-state index contributed by atoms with van der Waals surface area (Å²) in [6.07, 6.45) is -0.0473. The van der Waals surface area contributed by atoms with Gasteiger partial charge in [0.1, 0.15) is 6.10 Å². The Morgan fingerprint density at radius 1 is 1.82 bits per heavy atom. The van der Waals surface area contributed by atoms with Crippen LogP contribution in [0.25, 0.3) is 0 Å². The van der Waals surface area contributed by atoms with Crippen LogP contribution in [0.2, 0.25) is 0 Å². The SMILES string of the molecule is CC#CCC(O)c1cscn1. The number of hydrogen-bond acceptors (Lipinski definition) is 3. The van der Waals surface area contributed by atoms with Crippen molar-refractivity contribution < 1.29 is 5.11 Å². The Balaban J connectivity index is 2.53. The Labute approximate surface area is 69.9 Å². The molecule has 0 amide bonds. The Hall–Kier alpha value is -0.850. The van der Waals surface area contributed by atoms with Crippen molar-refractivity contribution in [3.05, 3.63) is 16.6 Å². The predicted octanol–water partition coefficient (Wildman–Crippen LogP) is 1.59. The molecule has 1 rings (SSSR count). The van der Waals surface area contributed by atoms with Crippen molar-refractivity contribution in [1.29, 1.82) is 0 Å². The zero-order valence-corrected chi connectivity index (χ0v) is 7.06. The van der Waals surface area contributed by atoms with E-state index in [-0.39, 0.29) is 0 Å². The van der Waals surface area contributed by atoms with E-state index in [1.54, 1.807) is 12.4 Å². The van der Waals surface area contributed by atoms with Crippen molar-refractivity contribution in [2.24, 2.45) is 0 Å². The molecular weight excluding hydrogens is 158 g/mol. The fourth-order valence-electron chi connectivity index (χ4n) is 0.690. The third kappa shape index (κ3) is 2.34. The highest BCUT2D eigenvalue weighted by molar-refractivity contribution is 7.07. The zero-order valence-electron chi connectivity index (χ0n) is 6.24. The van der Waals surface area contributed by atoms with Crippen molar-refractivity contribution in [2.45, 2.75) is 19.4 Å². The lowest BCUT2D eigenvalue weighted by Crippen LogP contribution is -1.95. The monoisotopic (exact) mass is 167 g/mol. The summed E-state index contributed by atoms with van der Waals surface area (Å²) in [6.45, 7) is 1.76. The fraction of sp³-hybridized carbons (Fsp3) is 0.375. The minimum atomic E-state index is -0.520. The minimum absolute atomic E-state index is 0.472. The molecule has 0 aliphatic carbocycles. The highest BCUT2D eigenvalue weighted by Gasteiger charge is 2.06. The van der Waals surface area contributed by atoms with Crippen LogP contribution in [-0.2, 0) is 0 Å². The molecule has 1 unspecified atom stereocenters. The van der Waals surface area contributed by atoms with Gasteiger partial charge in [-0.05, 0) is 6.92 Å². The first-order chi connectivity index (χ1) is 5.34. The maximum Gasteiger partial charge on any atom is 0.108 e. The molecule has 2 nitrogen and oxygen atoms in total. The quantitative estimate of drug-likeness (QED) is 0.678. The molecule has 1 atom stereocenters. The molecule has 1 heterocycles. The number of hydrogen-bond donors (Lipinski definition) is 1. The van der Waals surface area contributed by atoms with E-state index in [0.29, 0.717) is 6.42 Å². The molecule has 3 heteroatoms. The Kier molecular flexibility index (Phi) is 3.09. The molecule has 0 fully saturated rings. The lowest BCUT2D eigenvalue weighted by atomic mass is 10.2. The Bertz CT molecular complexity index is 257. The molecule has 0 saturated heterocycles. The molecule has 1 aromatic rings. The van der Waals surface area contributed by atoms with Crippen LogP contribution in [0.4, 0.5) is 0 Å². The molecule has 1 aromatic heterocycles. The van der Waals surface area contributed by atoms with E-state index in [2.05, 4.69) is 16.8 Å². The molecule has 1 N–H and O–H groups in total. The van der Waals surface area contributed by atoms with Crippen LogP contribution in [0.5, 0.6) is 0 Å². The van der Waals surface area contributed by atoms with Crippen molar-refractivity contribution in [1.82, 2.24) is 4.98 Å². The lowest BCUT2D eigenvalue weighted by molar-refractivity contribution is 0.180. The summed E-state index contributed by atoms with van der Waals surface area (Å²) in [5.74, 6) is 5.53. The number of aliphatic hydroxyl groups excluding tert-OH is 1. The molecule has 0 aromatic carbocycles. The van der Waals surface area contributed by atoms with Gasteiger partial charge in [-0.2, -0.15) is 0 Å². The molecule has 0 radical (unpaired) electrons. The molecular formula is C8H9NOS. The van der Waals surface area contributed by atoms with Gasteiger partial charge in [0, 0.05) is 11.8 Å². The highest BCUT2D eigenvalue weighted by atomic mass is 32.1. The third-order valence-electron chi connectivity index (χ3n) is 1.27. The number of rotatable bonds is 2. The van der Waals surface area contributed by atoms with E-state index in [4.69, 9.17) is 0 Å². The Morgan fingerprint density at radius 3 is 3.18 bits per heavy atom. The van der Waals surface area contributed by atoms with Crippen LogP contribution in [0.15, 0.2) is 10.9 Å². The van der Waals surface area contributed by atoms with Crippen LogP contribution in [-0.4, -0.2) is 10.1 Å². The van der Waals surface area contributed by atoms with E-state index in [9.17, 15) is 5.11 Å². The lowest BCUT2D eigenvalue weighted by Gasteiger charge is -2.00. The van der Waals surface area contributed by atoms with Gasteiger partial charge in [0.15, 0.2) is 0 Å². The first kappa shape index (κ1) is 8.25. The van der Waals surface area contributed by atoms with E-state index >= 15 is 0 Å². The molecule has 0 saturated carbocycles. The van der Waals surface area contributed by atoms with Crippen molar-refractivity contribution in [2.75, 3.05) is 0 Å². The van der Waals surface area contributed by atoms with Crippen LogP contribution >= 0.6 is 11.3 Å². The fourth-order valence-corrected chi connectivity index (χ4v) is 1.29. The van der Waals surface area contributed by atoms with Gasteiger partial charge >= 0.3 is 0 Å². The largest absolute Gasteiger partial charge is 0.386 e. The minimum Gasteiger partial charge on any atom is -0.386 e. The van der Waals surface area contributed by atoms with Crippen molar-refractivity contribution >= 4 is 11.3 Å². The molecule has 0 aliphatic heterocycles. The van der Waals surface area contributed by atoms with Gasteiger partial charge in [-0.3, -0.25) is 0 Å². The van der Waals surface area contributed by atoms with Crippen LogP contribution in [0.3, 0.4) is 0 Å². The van der Waals surface area contributed by atoms with E-state index in [1.807, 2.05) is 5.38 Å². The summed E-state index contributed by atoms with van der Waals surface area (Å²) in [5, 5.41) is 11.2. The normalized spacial score (nSPS) is 11.8. The molecule has 0 aliphatic rings. The number of thiazole rings is 1. The van der Waals surface area contributed by atoms with E-state index in [1.165, 1.54) is 11.3 Å². The first-order valence-electron chi connectivity index (χ1n) is 3.30. The standard InChI is InChI=1S/C8H9NOS/c1-2-3-4-8(10)7-5-11-6-9-7/h5-6,8,10H,4H2,1H3. The van der Waals surface area contributed by atoms with E-state index < -0.39 is 6.10 Å². The average molecular weight is 167 g/mol. The van der Waals surface area contributed by atoms with Gasteiger partial charge < -0.3 is 5.11 Å². The van der Waals surface area contributed by atoms with Gasteiger partial charge in [-0.25, -0.2) is 4.98 Å². The molecule has 11 heavy (non-hydrogen) atoms. The number of nitrogens with zero attached hydrogens (tertiary/aromatic N) is 1. The number of aromatic nitrogens is 1. The van der Waals surface area contributed by atoms with E-state index in [0.717, 1.165) is 5.69 Å². The average Bonchev–Trinajstić information content (AvgIpc) is 2.52. The molecule has 0 bridgehead atoms. The van der Waals surface area contributed by atoms with Crippen molar-refractivity contribution in [3.63, 3.8) is 0 Å². The van der Waals surface area contributed by atoms with Crippen LogP contribution < -0.4 is 0 Å². The maximum atomic E-state index is 9.38. The second-order valence-electron chi connectivity index (χ2n) is 2.06.